The first-order valence-corrected chi connectivity index (χ1v) is 10.2. The van der Waals surface area contributed by atoms with Gasteiger partial charge in [0.2, 0.25) is 11.8 Å². The number of hydrogen-bond acceptors (Lipinski definition) is 5. The predicted molar refractivity (Wildman–Crippen MR) is 121 cm³/mol. The van der Waals surface area contributed by atoms with Crippen molar-refractivity contribution < 1.29 is 14.4 Å². The van der Waals surface area contributed by atoms with E-state index < -0.39 is 23.6 Å². The highest BCUT2D eigenvalue weighted by Gasteiger charge is 2.48. The highest BCUT2D eigenvalue weighted by atomic mass is 32.1. The van der Waals surface area contributed by atoms with Crippen molar-refractivity contribution in [3.63, 3.8) is 0 Å². The highest BCUT2D eigenvalue weighted by molar-refractivity contribution is 7.80. The number of likely N-dealkylation sites (tertiary alicyclic amines) is 1. The first kappa shape index (κ1) is 22.1. The Kier molecular flexibility index (Phi) is 7.45. The van der Waals surface area contributed by atoms with Crippen LogP contribution in [0.5, 0.6) is 0 Å². The molecule has 2 aromatic carbocycles. The smallest absolute Gasteiger partial charge is 0.278 e. The number of imide groups is 1. The summed E-state index contributed by atoms with van der Waals surface area (Å²) in [7, 11) is 0. The Morgan fingerprint density at radius 3 is 2.16 bits per heavy atom. The summed E-state index contributed by atoms with van der Waals surface area (Å²) in [5.74, 6) is -3.17. The Labute approximate surface area is 185 Å². The molecule has 0 radical (unpaired) electrons. The zero-order valence-corrected chi connectivity index (χ0v) is 17.6. The molecule has 1 atom stereocenters. The van der Waals surface area contributed by atoms with Crippen molar-refractivity contribution in [3.8, 4) is 0 Å². The maximum absolute atomic E-state index is 12.9. The molecule has 0 aromatic heterocycles. The highest BCUT2D eigenvalue weighted by Crippen LogP contribution is 2.19. The minimum atomic E-state index is -1.35. The molecule has 160 valence electrons. The van der Waals surface area contributed by atoms with Crippen LogP contribution in [0.25, 0.3) is 0 Å². The van der Waals surface area contributed by atoms with Gasteiger partial charge in [-0.25, -0.2) is 0 Å². The normalized spacial score (nSPS) is 17.1. The lowest BCUT2D eigenvalue weighted by Gasteiger charge is -2.14. The minimum absolute atomic E-state index is 0.140. The van der Waals surface area contributed by atoms with Gasteiger partial charge in [-0.3, -0.25) is 24.7 Å². The quantitative estimate of drug-likeness (QED) is 0.243. The average molecular weight is 438 g/mol. The number of nitrogens with one attached hydrogen (secondary N) is 2. The van der Waals surface area contributed by atoms with E-state index in [1.54, 1.807) is 0 Å². The van der Waals surface area contributed by atoms with Gasteiger partial charge in [-0.05, 0) is 36.2 Å². The molecule has 2 aromatic rings. The summed E-state index contributed by atoms with van der Waals surface area (Å²) in [5, 5.41) is 6.41. The van der Waals surface area contributed by atoms with Gasteiger partial charge < -0.3 is 11.1 Å². The van der Waals surface area contributed by atoms with Crippen LogP contribution in [0.1, 0.15) is 11.1 Å². The molecule has 0 aliphatic carbocycles. The number of nitrogens with zero attached hydrogens (tertiary/aromatic N) is 2. The number of nitrogens with two attached hydrogens (primary N) is 1. The second kappa shape index (κ2) is 10.4. The van der Waals surface area contributed by atoms with E-state index in [1.165, 1.54) is 0 Å². The molecule has 1 aliphatic rings. The van der Waals surface area contributed by atoms with Gasteiger partial charge in [0.15, 0.2) is 11.0 Å². The van der Waals surface area contributed by atoms with Gasteiger partial charge in [-0.2, -0.15) is 5.10 Å². The van der Waals surface area contributed by atoms with Gasteiger partial charge in [0.05, 0.1) is 0 Å². The molecule has 8 nitrogen and oxygen atoms in total. The maximum atomic E-state index is 12.9. The van der Waals surface area contributed by atoms with E-state index in [4.69, 9.17) is 18.0 Å². The van der Waals surface area contributed by atoms with Gasteiger partial charge in [0.1, 0.15) is 5.71 Å². The Morgan fingerprint density at radius 2 is 1.58 bits per heavy atom. The Balaban J connectivity index is 1.70. The second-order valence-electron chi connectivity index (χ2n) is 6.96. The van der Waals surface area contributed by atoms with Crippen LogP contribution in [0, 0.1) is 5.92 Å². The zero-order valence-electron chi connectivity index (χ0n) is 16.8. The van der Waals surface area contributed by atoms with Crippen molar-refractivity contribution >= 4 is 40.8 Å². The van der Waals surface area contributed by atoms with Crippen molar-refractivity contribution in [1.29, 1.82) is 0 Å². The molecule has 9 heteroatoms. The first-order valence-electron chi connectivity index (χ1n) is 9.81. The fourth-order valence-electron chi connectivity index (χ4n) is 3.27. The van der Waals surface area contributed by atoms with Crippen LogP contribution in [0.2, 0.25) is 0 Å². The zero-order chi connectivity index (χ0) is 22.2. The molecule has 1 fully saturated rings. The first-order chi connectivity index (χ1) is 15.0. The van der Waals surface area contributed by atoms with Crippen molar-refractivity contribution in [3.05, 3.63) is 71.8 Å². The number of carbonyl (C=O) groups is 3. The number of thiocarbonyl (C=S) groups is 1. The van der Waals surface area contributed by atoms with Gasteiger partial charge >= 0.3 is 0 Å². The largest absolute Gasteiger partial charge is 0.375 e. The number of hydrogen-bond donors (Lipinski definition) is 3. The van der Waals surface area contributed by atoms with Crippen molar-refractivity contribution in [1.82, 2.24) is 15.6 Å². The average Bonchev–Trinajstić information content (AvgIpc) is 3.01. The Morgan fingerprint density at radius 1 is 1.00 bits per heavy atom. The molecule has 0 saturated carbocycles. The SMILES string of the molecule is NC(=S)NN=C1C(=O)N(CCc2ccccc2)C(=O)C1C(=O)NCCc1ccccc1. The molecular weight excluding hydrogens is 414 g/mol. The van der Waals surface area contributed by atoms with E-state index in [2.05, 4.69) is 15.8 Å². The lowest BCUT2D eigenvalue weighted by atomic mass is 10.0. The molecule has 0 spiro atoms. The molecule has 3 rings (SSSR count). The summed E-state index contributed by atoms with van der Waals surface area (Å²) >= 11 is 4.72. The number of amides is 3. The van der Waals surface area contributed by atoms with Crippen molar-refractivity contribution in [2.24, 2.45) is 16.8 Å². The third-order valence-electron chi connectivity index (χ3n) is 4.82. The van der Waals surface area contributed by atoms with E-state index in [1.807, 2.05) is 60.7 Å². The summed E-state index contributed by atoms with van der Waals surface area (Å²) in [4.78, 5) is 39.6. The molecule has 3 amide bonds. The predicted octanol–water partition coefficient (Wildman–Crippen LogP) is 0.762. The van der Waals surface area contributed by atoms with Crippen LogP contribution >= 0.6 is 12.2 Å². The minimum Gasteiger partial charge on any atom is -0.375 e. The molecule has 1 saturated heterocycles. The maximum Gasteiger partial charge on any atom is 0.278 e. The lowest BCUT2D eigenvalue weighted by molar-refractivity contribution is -0.140. The van der Waals surface area contributed by atoms with E-state index in [-0.39, 0.29) is 17.4 Å². The van der Waals surface area contributed by atoms with Crippen LogP contribution in [-0.2, 0) is 27.2 Å². The monoisotopic (exact) mass is 437 g/mol. The van der Waals surface area contributed by atoms with Crippen LogP contribution in [-0.4, -0.2) is 46.5 Å². The third kappa shape index (κ3) is 5.73. The molecular formula is C22H23N5O3S. The summed E-state index contributed by atoms with van der Waals surface area (Å²) in [6, 6.07) is 19.1. The topological polar surface area (TPSA) is 117 Å². The fraction of sp³-hybridized carbons (Fsp3) is 0.227. The molecule has 1 aliphatic heterocycles. The van der Waals surface area contributed by atoms with Crippen molar-refractivity contribution in [2.75, 3.05) is 13.1 Å². The van der Waals surface area contributed by atoms with E-state index in [0.29, 0.717) is 19.4 Å². The number of carbonyl (C=O) groups excluding carboxylic acids is 3. The number of benzene rings is 2. The second-order valence-corrected chi connectivity index (χ2v) is 7.40. The van der Waals surface area contributed by atoms with E-state index in [9.17, 15) is 14.4 Å². The number of hydrazone groups is 1. The summed E-state index contributed by atoms with van der Waals surface area (Å²) in [6.07, 6.45) is 1.06. The van der Waals surface area contributed by atoms with Crippen molar-refractivity contribution in [2.45, 2.75) is 12.8 Å². The standard InChI is InChI=1S/C22H23N5O3S/c23-22(31)26-25-18-17(19(28)24-13-11-15-7-3-1-4-8-15)20(29)27(21(18)30)14-12-16-9-5-2-6-10-16/h1-10,17H,11-14H2,(H,24,28)(H3,23,26,31). The van der Waals surface area contributed by atoms with Crippen LogP contribution < -0.4 is 16.5 Å². The molecule has 0 bridgehead atoms. The van der Waals surface area contributed by atoms with E-state index in [0.717, 1.165) is 16.0 Å². The van der Waals surface area contributed by atoms with Gasteiger partial charge in [0, 0.05) is 13.1 Å². The van der Waals surface area contributed by atoms with Crippen LogP contribution in [0.4, 0.5) is 0 Å². The van der Waals surface area contributed by atoms with Gasteiger partial charge in [-0.1, -0.05) is 60.7 Å². The van der Waals surface area contributed by atoms with Gasteiger partial charge in [-0.15, -0.1) is 0 Å². The van der Waals surface area contributed by atoms with Crippen LogP contribution in [0.3, 0.4) is 0 Å². The van der Waals surface area contributed by atoms with Gasteiger partial charge in [0.25, 0.3) is 5.91 Å². The summed E-state index contributed by atoms with van der Waals surface area (Å²) < 4.78 is 0. The Hall–Kier alpha value is -3.59. The molecule has 1 heterocycles. The van der Waals surface area contributed by atoms with E-state index >= 15 is 0 Å². The van der Waals surface area contributed by atoms with Crippen LogP contribution in [0.15, 0.2) is 65.8 Å². The summed E-state index contributed by atoms with van der Waals surface area (Å²) in [6.45, 7) is 0.461. The summed E-state index contributed by atoms with van der Waals surface area (Å²) in [5.41, 5.74) is 9.50. The molecule has 4 N–H and O–H groups in total. The molecule has 31 heavy (non-hydrogen) atoms. The Bertz CT molecular complexity index is 995. The number of rotatable bonds is 8. The fourth-order valence-corrected chi connectivity index (χ4v) is 3.32. The molecule has 1 unspecified atom stereocenters. The third-order valence-corrected chi connectivity index (χ3v) is 4.91. The lowest BCUT2D eigenvalue weighted by Crippen LogP contribution is -2.40.